The van der Waals surface area contributed by atoms with E-state index in [1.165, 1.54) is 6.07 Å². The minimum absolute atomic E-state index is 0.473. The molecule has 3 nitrogen and oxygen atoms in total. The molecule has 2 aromatic rings. The lowest BCUT2D eigenvalue weighted by Crippen LogP contribution is -2.04. The van der Waals surface area contributed by atoms with Gasteiger partial charge in [0.2, 0.25) is 0 Å². The molecule has 0 saturated carbocycles. The second-order valence-corrected chi connectivity index (χ2v) is 4.21. The van der Waals surface area contributed by atoms with Gasteiger partial charge in [0.25, 0.3) is 0 Å². The van der Waals surface area contributed by atoms with Crippen LogP contribution in [0.4, 0.5) is 13.2 Å². The van der Waals surface area contributed by atoms with Gasteiger partial charge < -0.3 is 10.7 Å². The molecule has 0 bridgehead atoms. The molecule has 0 aliphatic rings. The van der Waals surface area contributed by atoms with Crippen molar-refractivity contribution in [1.29, 1.82) is 0 Å². The Labute approximate surface area is 108 Å². The summed E-state index contributed by atoms with van der Waals surface area (Å²) < 4.78 is 37.8. The highest BCUT2D eigenvalue weighted by atomic mass is 19.4. The third-order valence-corrected chi connectivity index (χ3v) is 2.75. The molecule has 0 aliphatic heterocycles. The van der Waals surface area contributed by atoms with Crippen LogP contribution in [0.2, 0.25) is 0 Å². The van der Waals surface area contributed by atoms with Crippen LogP contribution in [0.5, 0.6) is 0 Å². The second kappa shape index (κ2) is 5.44. The van der Waals surface area contributed by atoms with Gasteiger partial charge in [-0.25, -0.2) is 4.98 Å². The second-order valence-electron chi connectivity index (χ2n) is 4.21. The summed E-state index contributed by atoms with van der Waals surface area (Å²) in [6, 6.07) is 5.17. The number of rotatable bonds is 4. The number of nitrogens with zero attached hydrogens (tertiary/aromatic N) is 1. The van der Waals surface area contributed by atoms with E-state index in [4.69, 9.17) is 5.73 Å². The summed E-state index contributed by atoms with van der Waals surface area (Å²) in [5.74, 6) is 0.734. The Morgan fingerprint density at radius 2 is 2.05 bits per heavy atom. The molecule has 1 aromatic heterocycles. The Morgan fingerprint density at radius 3 is 2.74 bits per heavy atom. The lowest BCUT2D eigenvalue weighted by Gasteiger charge is -2.07. The van der Waals surface area contributed by atoms with Crippen LogP contribution in [-0.2, 0) is 12.6 Å². The fourth-order valence-electron chi connectivity index (χ4n) is 1.77. The zero-order chi connectivity index (χ0) is 13.9. The van der Waals surface area contributed by atoms with Gasteiger partial charge in [-0.15, -0.1) is 0 Å². The van der Waals surface area contributed by atoms with E-state index in [0.29, 0.717) is 24.2 Å². The quantitative estimate of drug-likeness (QED) is 0.896. The lowest BCUT2D eigenvalue weighted by atomic mass is 10.1. The summed E-state index contributed by atoms with van der Waals surface area (Å²) in [5, 5.41) is 0. The topological polar surface area (TPSA) is 54.7 Å². The SMILES string of the molecule is NCCCc1ncc(-c2cccc(C(F)(F)F)c2)[nH]1. The molecule has 19 heavy (non-hydrogen) atoms. The summed E-state index contributed by atoms with van der Waals surface area (Å²) >= 11 is 0. The van der Waals surface area contributed by atoms with Crippen molar-refractivity contribution in [3.63, 3.8) is 0 Å². The zero-order valence-electron chi connectivity index (χ0n) is 10.2. The summed E-state index contributed by atoms with van der Waals surface area (Å²) in [4.78, 5) is 7.14. The van der Waals surface area contributed by atoms with E-state index in [0.717, 1.165) is 24.4 Å². The van der Waals surface area contributed by atoms with E-state index >= 15 is 0 Å². The van der Waals surface area contributed by atoms with Crippen molar-refractivity contribution in [3.8, 4) is 11.3 Å². The van der Waals surface area contributed by atoms with E-state index in [1.54, 1.807) is 12.3 Å². The number of nitrogens with two attached hydrogens (primary N) is 1. The van der Waals surface area contributed by atoms with Crippen molar-refractivity contribution < 1.29 is 13.2 Å². The first-order chi connectivity index (χ1) is 9.00. The molecule has 0 atom stereocenters. The van der Waals surface area contributed by atoms with Gasteiger partial charge in [0.1, 0.15) is 5.82 Å². The number of aromatic nitrogens is 2. The highest BCUT2D eigenvalue weighted by molar-refractivity contribution is 5.59. The Hall–Kier alpha value is -1.82. The van der Waals surface area contributed by atoms with Crippen LogP contribution < -0.4 is 5.73 Å². The van der Waals surface area contributed by atoms with Crippen molar-refractivity contribution >= 4 is 0 Å². The van der Waals surface area contributed by atoms with Crippen molar-refractivity contribution in [2.24, 2.45) is 5.73 Å². The molecule has 102 valence electrons. The molecule has 3 N–H and O–H groups in total. The van der Waals surface area contributed by atoms with Crippen LogP contribution in [0.3, 0.4) is 0 Å². The first kappa shape index (κ1) is 13.6. The van der Waals surface area contributed by atoms with Gasteiger partial charge in [0, 0.05) is 12.0 Å². The molecule has 0 aliphatic carbocycles. The van der Waals surface area contributed by atoms with E-state index < -0.39 is 11.7 Å². The number of H-pyrrole nitrogens is 1. The largest absolute Gasteiger partial charge is 0.416 e. The van der Waals surface area contributed by atoms with E-state index in [-0.39, 0.29) is 0 Å². The molecule has 2 rings (SSSR count). The Bertz CT molecular complexity index is 546. The third-order valence-electron chi connectivity index (χ3n) is 2.75. The number of benzene rings is 1. The smallest absolute Gasteiger partial charge is 0.342 e. The predicted octanol–water partition coefficient (Wildman–Crippen LogP) is 2.99. The van der Waals surface area contributed by atoms with Gasteiger partial charge in [-0.2, -0.15) is 13.2 Å². The van der Waals surface area contributed by atoms with E-state index in [2.05, 4.69) is 9.97 Å². The van der Waals surface area contributed by atoms with Crippen molar-refractivity contribution in [2.45, 2.75) is 19.0 Å². The number of alkyl halides is 3. The maximum atomic E-state index is 12.6. The minimum atomic E-state index is -4.33. The maximum absolute atomic E-state index is 12.6. The lowest BCUT2D eigenvalue weighted by molar-refractivity contribution is -0.137. The number of nitrogens with one attached hydrogen (secondary N) is 1. The van der Waals surface area contributed by atoms with E-state index in [1.807, 2.05) is 0 Å². The van der Waals surface area contributed by atoms with E-state index in [9.17, 15) is 13.2 Å². The normalized spacial score (nSPS) is 11.8. The average molecular weight is 269 g/mol. The number of hydrogen-bond donors (Lipinski definition) is 2. The first-order valence-electron chi connectivity index (χ1n) is 5.92. The Kier molecular flexibility index (Phi) is 3.90. The van der Waals surface area contributed by atoms with Gasteiger partial charge >= 0.3 is 6.18 Å². The summed E-state index contributed by atoms with van der Waals surface area (Å²) in [7, 11) is 0. The fourth-order valence-corrected chi connectivity index (χ4v) is 1.77. The molecular formula is C13H14F3N3. The standard InChI is InChI=1S/C13H14F3N3/c14-13(15,16)10-4-1-3-9(7-10)11-8-18-12(19-11)5-2-6-17/h1,3-4,7-8H,2,5-6,17H2,(H,18,19). The first-order valence-corrected chi connectivity index (χ1v) is 5.92. The summed E-state index contributed by atoms with van der Waals surface area (Å²) in [5.41, 5.74) is 5.79. The Balaban J connectivity index is 2.24. The van der Waals surface area contributed by atoms with Gasteiger partial charge in [0.15, 0.2) is 0 Å². The van der Waals surface area contributed by atoms with Crippen molar-refractivity contribution in [2.75, 3.05) is 6.54 Å². The Morgan fingerprint density at radius 1 is 1.26 bits per heavy atom. The number of aromatic amines is 1. The molecule has 1 aromatic carbocycles. The molecule has 0 amide bonds. The number of halogens is 3. The van der Waals surface area contributed by atoms with Gasteiger partial charge in [-0.3, -0.25) is 0 Å². The highest BCUT2D eigenvalue weighted by Gasteiger charge is 2.30. The van der Waals surface area contributed by atoms with Crippen LogP contribution in [0.25, 0.3) is 11.3 Å². The molecule has 0 saturated heterocycles. The van der Waals surface area contributed by atoms with Crippen LogP contribution in [0.1, 0.15) is 17.8 Å². The number of imidazole rings is 1. The van der Waals surface area contributed by atoms with Gasteiger partial charge in [-0.1, -0.05) is 12.1 Å². The molecule has 0 unspecified atom stereocenters. The molecular weight excluding hydrogens is 255 g/mol. The molecule has 0 fully saturated rings. The molecule has 0 spiro atoms. The van der Waals surface area contributed by atoms with Crippen LogP contribution in [0.15, 0.2) is 30.5 Å². The van der Waals surface area contributed by atoms with Crippen molar-refractivity contribution in [1.82, 2.24) is 9.97 Å². The van der Waals surface area contributed by atoms with Crippen LogP contribution in [0, 0.1) is 0 Å². The number of hydrogen-bond acceptors (Lipinski definition) is 2. The number of aryl methyl sites for hydroxylation is 1. The highest BCUT2D eigenvalue weighted by Crippen LogP contribution is 2.31. The molecule has 1 heterocycles. The monoisotopic (exact) mass is 269 g/mol. The summed E-state index contributed by atoms with van der Waals surface area (Å²) in [6.07, 6.45) is -1.31. The summed E-state index contributed by atoms with van der Waals surface area (Å²) in [6.45, 7) is 0.555. The maximum Gasteiger partial charge on any atom is 0.416 e. The molecule has 0 radical (unpaired) electrons. The van der Waals surface area contributed by atoms with Crippen molar-refractivity contribution in [3.05, 3.63) is 41.9 Å². The average Bonchev–Trinajstić information content (AvgIpc) is 2.84. The fraction of sp³-hybridized carbons (Fsp3) is 0.308. The minimum Gasteiger partial charge on any atom is -0.342 e. The van der Waals surface area contributed by atoms with Crippen LogP contribution in [-0.4, -0.2) is 16.5 Å². The molecule has 6 heteroatoms. The zero-order valence-corrected chi connectivity index (χ0v) is 10.2. The van der Waals surface area contributed by atoms with Crippen LogP contribution >= 0.6 is 0 Å². The van der Waals surface area contributed by atoms with Gasteiger partial charge in [0.05, 0.1) is 17.5 Å². The van der Waals surface area contributed by atoms with Gasteiger partial charge in [-0.05, 0) is 25.1 Å². The predicted molar refractivity (Wildman–Crippen MR) is 66.4 cm³/mol. The third kappa shape index (κ3) is 3.35.